The number of fused-ring (bicyclic) bond motifs is 1. The van der Waals surface area contributed by atoms with E-state index in [4.69, 9.17) is 31.0 Å². The minimum Gasteiger partial charge on any atom is -0.236 e. The number of pyridine rings is 1. The highest BCUT2D eigenvalue weighted by atomic mass is 35.5. The molecule has 1 nitrogen and oxygen atoms in total. The zero-order valence-electron chi connectivity index (χ0n) is 7.30. The first-order chi connectivity index (χ1) is 6.70. The van der Waals surface area contributed by atoms with E-state index >= 15 is 0 Å². The lowest BCUT2D eigenvalue weighted by atomic mass is 9.94. The Hall–Kier alpha value is -0.725. The van der Waals surface area contributed by atoms with Gasteiger partial charge >= 0.3 is 0 Å². The van der Waals surface area contributed by atoms with E-state index in [1.165, 1.54) is 0 Å². The van der Waals surface area contributed by atoms with Crippen LogP contribution < -0.4 is 5.46 Å². The molecule has 68 valence electrons. The number of nitrogens with zero attached hydrogens (tertiary/aromatic N) is 1. The molecule has 1 heterocycles. The number of alkyl halides is 1. The summed E-state index contributed by atoms with van der Waals surface area (Å²) >= 11 is 11.6. The molecule has 0 amide bonds. The van der Waals surface area contributed by atoms with Gasteiger partial charge in [0.1, 0.15) is 13.0 Å². The summed E-state index contributed by atoms with van der Waals surface area (Å²) in [6, 6.07) is 7.30. The van der Waals surface area contributed by atoms with Crippen molar-refractivity contribution in [3.05, 3.63) is 35.0 Å². The third-order valence-electron chi connectivity index (χ3n) is 2.03. The largest absolute Gasteiger partial charge is 0.236 e. The lowest BCUT2D eigenvalue weighted by molar-refractivity contribution is 1.35. The fraction of sp³-hybridized carbons (Fsp3) is 0.100. The van der Waals surface area contributed by atoms with Crippen molar-refractivity contribution >= 4 is 47.4 Å². The zero-order valence-corrected chi connectivity index (χ0v) is 8.81. The Labute approximate surface area is 93.5 Å². The van der Waals surface area contributed by atoms with Crippen LogP contribution in [0.5, 0.6) is 0 Å². The fourth-order valence-corrected chi connectivity index (χ4v) is 1.84. The van der Waals surface area contributed by atoms with E-state index in [0.29, 0.717) is 16.5 Å². The van der Waals surface area contributed by atoms with Crippen molar-refractivity contribution in [1.29, 1.82) is 0 Å². The van der Waals surface area contributed by atoms with Gasteiger partial charge in [-0.05, 0) is 17.7 Å². The molecule has 2 rings (SSSR count). The molecule has 14 heavy (non-hydrogen) atoms. The standard InChI is InChI=1S/C10H6BCl2N/c11-7-1-2-8-6(5-12)3-10(13)14-9(8)4-7/h1-4H,5H2. The SMILES string of the molecule is [B]c1ccc2c(CCl)cc(Cl)nc2c1. The molecular weight excluding hydrogens is 216 g/mol. The van der Waals surface area contributed by atoms with Crippen LogP contribution in [0.25, 0.3) is 10.9 Å². The Kier molecular flexibility index (Phi) is 2.66. The first-order valence-electron chi connectivity index (χ1n) is 4.11. The lowest BCUT2D eigenvalue weighted by Gasteiger charge is -2.04. The number of hydrogen-bond donors (Lipinski definition) is 0. The van der Waals surface area contributed by atoms with Crippen LogP contribution in [0.3, 0.4) is 0 Å². The smallest absolute Gasteiger partial charge is 0.130 e. The van der Waals surface area contributed by atoms with E-state index in [0.717, 1.165) is 16.5 Å². The third kappa shape index (κ3) is 1.72. The maximum atomic E-state index is 5.84. The first-order valence-corrected chi connectivity index (χ1v) is 5.02. The second kappa shape index (κ2) is 3.80. The highest BCUT2D eigenvalue weighted by molar-refractivity contribution is 6.33. The maximum Gasteiger partial charge on any atom is 0.130 e. The summed E-state index contributed by atoms with van der Waals surface area (Å²) in [6.07, 6.45) is 0. The quantitative estimate of drug-likeness (QED) is 0.410. The van der Waals surface area contributed by atoms with Crippen molar-refractivity contribution in [2.45, 2.75) is 5.88 Å². The minimum atomic E-state index is 0.419. The molecule has 0 atom stereocenters. The van der Waals surface area contributed by atoms with Gasteiger partial charge in [0.25, 0.3) is 0 Å². The molecule has 0 aliphatic heterocycles. The predicted molar refractivity (Wildman–Crippen MR) is 61.7 cm³/mol. The Morgan fingerprint density at radius 2 is 2.07 bits per heavy atom. The molecule has 1 aromatic carbocycles. The summed E-state index contributed by atoms with van der Waals surface area (Å²) in [5.74, 6) is 0.419. The predicted octanol–water partition coefficient (Wildman–Crippen LogP) is 2.42. The Morgan fingerprint density at radius 1 is 1.29 bits per heavy atom. The van der Waals surface area contributed by atoms with Crippen LogP contribution in [0.4, 0.5) is 0 Å². The molecule has 0 spiro atoms. The fourth-order valence-electron chi connectivity index (χ4n) is 1.39. The molecule has 0 aliphatic carbocycles. The van der Waals surface area contributed by atoms with E-state index in [1.54, 1.807) is 12.1 Å². The average Bonchev–Trinajstić information content (AvgIpc) is 2.15. The van der Waals surface area contributed by atoms with Gasteiger partial charge in [-0.3, -0.25) is 0 Å². The van der Waals surface area contributed by atoms with E-state index in [-0.39, 0.29) is 0 Å². The normalized spacial score (nSPS) is 10.7. The molecule has 2 radical (unpaired) electrons. The minimum absolute atomic E-state index is 0.419. The summed E-state index contributed by atoms with van der Waals surface area (Å²) in [5.41, 5.74) is 2.43. The second-order valence-electron chi connectivity index (χ2n) is 3.01. The highest BCUT2D eigenvalue weighted by Crippen LogP contribution is 2.21. The average molecular weight is 222 g/mol. The van der Waals surface area contributed by atoms with Crippen LogP contribution in [0, 0.1) is 0 Å². The van der Waals surface area contributed by atoms with Crippen LogP contribution in [-0.4, -0.2) is 12.8 Å². The summed E-state index contributed by atoms with van der Waals surface area (Å²) in [6.45, 7) is 0. The van der Waals surface area contributed by atoms with Gasteiger partial charge in [0, 0.05) is 11.3 Å². The molecule has 1 aromatic heterocycles. The van der Waals surface area contributed by atoms with Crippen molar-refractivity contribution in [1.82, 2.24) is 4.98 Å². The van der Waals surface area contributed by atoms with Gasteiger partial charge in [-0.2, -0.15) is 0 Å². The first kappa shape index (κ1) is 9.82. The van der Waals surface area contributed by atoms with Gasteiger partial charge in [-0.25, -0.2) is 4.98 Å². The molecular formula is C10H6BCl2N. The van der Waals surface area contributed by atoms with Gasteiger partial charge in [0.05, 0.1) is 5.52 Å². The maximum absolute atomic E-state index is 5.84. The van der Waals surface area contributed by atoms with Crippen molar-refractivity contribution in [3.8, 4) is 0 Å². The molecule has 0 N–H and O–H groups in total. The van der Waals surface area contributed by atoms with Gasteiger partial charge < -0.3 is 0 Å². The van der Waals surface area contributed by atoms with Crippen molar-refractivity contribution in [2.24, 2.45) is 0 Å². The summed E-state index contributed by atoms with van der Waals surface area (Å²) in [7, 11) is 5.65. The number of aromatic nitrogens is 1. The molecule has 2 aromatic rings. The Morgan fingerprint density at radius 3 is 2.79 bits per heavy atom. The molecule has 0 saturated heterocycles. The van der Waals surface area contributed by atoms with E-state index in [1.807, 2.05) is 12.1 Å². The molecule has 0 aliphatic rings. The van der Waals surface area contributed by atoms with Crippen molar-refractivity contribution in [3.63, 3.8) is 0 Å². The van der Waals surface area contributed by atoms with E-state index in [9.17, 15) is 0 Å². The number of halogens is 2. The van der Waals surface area contributed by atoms with E-state index in [2.05, 4.69) is 4.98 Å². The molecule has 0 fully saturated rings. The molecule has 0 unspecified atom stereocenters. The lowest BCUT2D eigenvalue weighted by Crippen LogP contribution is -2.01. The van der Waals surface area contributed by atoms with Crippen LogP contribution >= 0.6 is 23.2 Å². The van der Waals surface area contributed by atoms with Crippen LogP contribution in [0.1, 0.15) is 5.56 Å². The Bertz CT molecular complexity index is 480. The molecule has 0 bridgehead atoms. The Balaban J connectivity index is 2.81. The topological polar surface area (TPSA) is 12.9 Å². The van der Waals surface area contributed by atoms with Crippen molar-refractivity contribution in [2.75, 3.05) is 0 Å². The van der Waals surface area contributed by atoms with Crippen molar-refractivity contribution < 1.29 is 0 Å². The van der Waals surface area contributed by atoms with Crippen LogP contribution in [-0.2, 0) is 5.88 Å². The number of hydrogen-bond acceptors (Lipinski definition) is 1. The van der Waals surface area contributed by atoms with E-state index < -0.39 is 0 Å². The number of benzene rings is 1. The summed E-state index contributed by atoms with van der Waals surface area (Å²) in [4.78, 5) is 4.17. The van der Waals surface area contributed by atoms with Gasteiger partial charge in [0.15, 0.2) is 0 Å². The molecule has 0 saturated carbocycles. The van der Waals surface area contributed by atoms with Crippen LogP contribution in [0.15, 0.2) is 24.3 Å². The summed E-state index contributed by atoms with van der Waals surface area (Å²) < 4.78 is 0. The number of rotatable bonds is 1. The summed E-state index contributed by atoms with van der Waals surface area (Å²) in [5, 5.41) is 1.44. The van der Waals surface area contributed by atoms with Gasteiger partial charge in [-0.1, -0.05) is 29.2 Å². The van der Waals surface area contributed by atoms with Crippen LogP contribution in [0.2, 0.25) is 5.15 Å². The monoisotopic (exact) mass is 221 g/mol. The van der Waals surface area contributed by atoms with Gasteiger partial charge in [0.2, 0.25) is 0 Å². The van der Waals surface area contributed by atoms with Gasteiger partial charge in [-0.15, -0.1) is 11.6 Å². The zero-order chi connectivity index (χ0) is 10.1. The third-order valence-corrected chi connectivity index (χ3v) is 2.51. The molecule has 4 heteroatoms. The highest BCUT2D eigenvalue weighted by Gasteiger charge is 2.03. The second-order valence-corrected chi connectivity index (χ2v) is 3.67.